The molecule has 2 bridgehead atoms. The van der Waals surface area contributed by atoms with Gasteiger partial charge in [0.2, 0.25) is 0 Å². The van der Waals surface area contributed by atoms with E-state index in [0.29, 0.717) is 66.8 Å². The number of aromatic nitrogens is 2. The van der Waals surface area contributed by atoms with E-state index in [2.05, 4.69) is 24.1 Å². The van der Waals surface area contributed by atoms with Crippen molar-refractivity contribution in [3.63, 3.8) is 0 Å². The van der Waals surface area contributed by atoms with Gasteiger partial charge in [0.25, 0.3) is 11.8 Å². The van der Waals surface area contributed by atoms with E-state index >= 15 is 0 Å². The summed E-state index contributed by atoms with van der Waals surface area (Å²) >= 11 is 0. The minimum Gasteiger partial charge on any atom is -0.350 e. The van der Waals surface area contributed by atoms with Gasteiger partial charge < -0.3 is 10.2 Å². The Balaban J connectivity index is 1.29. The maximum Gasteiger partial charge on any atom is 0.274 e. The van der Waals surface area contributed by atoms with Crippen LogP contribution in [-0.4, -0.2) is 51.9 Å². The summed E-state index contributed by atoms with van der Waals surface area (Å²) in [5, 5.41) is 3.14. The second-order valence-corrected chi connectivity index (χ2v) is 10.1. The zero-order valence-electron chi connectivity index (χ0n) is 18.3. The number of hydrogen-bond acceptors (Lipinski definition) is 3. The highest BCUT2D eigenvalue weighted by Gasteiger charge is 2.53. The Morgan fingerprint density at radius 1 is 1.19 bits per heavy atom. The average Bonchev–Trinajstić information content (AvgIpc) is 3.22. The summed E-state index contributed by atoms with van der Waals surface area (Å²) in [6.45, 7) is 6.22. The van der Waals surface area contributed by atoms with E-state index in [4.69, 9.17) is 0 Å². The van der Waals surface area contributed by atoms with Crippen molar-refractivity contribution in [3.8, 4) is 0 Å². The van der Waals surface area contributed by atoms with Gasteiger partial charge in [-0.25, -0.2) is 9.37 Å². The maximum absolute atomic E-state index is 13.4. The standard InChI is InChI=1S/C24H31FN4O2/c1-24(2)16-7-6-15(18(24)12-16)13-26-22(30)20-4-3-5-21-27-19(14-29(20)21)23(31)28-10-8-17(25)9-11-28/h3-5,14-18H,6-13H2,1-2H3,(H,26,30)/t15-,16+,18+/m1/s1. The molecule has 2 aromatic heterocycles. The van der Waals surface area contributed by atoms with Gasteiger partial charge in [-0.2, -0.15) is 0 Å². The van der Waals surface area contributed by atoms with E-state index in [1.165, 1.54) is 19.3 Å². The number of nitrogens with one attached hydrogen (secondary N) is 1. The third kappa shape index (κ3) is 3.52. The number of imidazole rings is 1. The molecular weight excluding hydrogens is 395 g/mol. The van der Waals surface area contributed by atoms with Crippen LogP contribution >= 0.6 is 0 Å². The first-order valence-corrected chi connectivity index (χ1v) is 11.5. The number of nitrogens with zero attached hydrogens (tertiary/aromatic N) is 3. The highest BCUT2D eigenvalue weighted by Crippen LogP contribution is 2.61. The molecular formula is C24H31FN4O2. The molecule has 1 saturated heterocycles. The lowest BCUT2D eigenvalue weighted by atomic mass is 9.45. The second-order valence-electron chi connectivity index (χ2n) is 10.1. The van der Waals surface area contributed by atoms with E-state index in [1.54, 1.807) is 33.7 Å². The maximum atomic E-state index is 13.4. The highest BCUT2D eigenvalue weighted by atomic mass is 19.1. The Kier molecular flexibility index (Phi) is 5.02. The van der Waals surface area contributed by atoms with E-state index in [0.717, 1.165) is 5.92 Å². The fourth-order valence-corrected chi connectivity index (χ4v) is 6.03. The minimum absolute atomic E-state index is 0.139. The number of carbonyl (C=O) groups excluding carboxylic acids is 2. The Hall–Kier alpha value is -2.44. The van der Waals surface area contributed by atoms with Gasteiger partial charge >= 0.3 is 0 Å². The van der Waals surface area contributed by atoms with Crippen LogP contribution in [0.25, 0.3) is 5.65 Å². The SMILES string of the molecule is CC1(C)[C@H]2CC[C@H](CNC(=O)c3cccc4nc(C(=O)N5CCC(F)CC5)cn34)[C@@H]1C2. The molecule has 2 aromatic rings. The number of rotatable bonds is 4. The van der Waals surface area contributed by atoms with Gasteiger partial charge in [0, 0.05) is 25.8 Å². The number of fused-ring (bicyclic) bond motifs is 3. The Bertz CT molecular complexity index is 1010. The highest BCUT2D eigenvalue weighted by molar-refractivity contribution is 5.95. The van der Waals surface area contributed by atoms with Crippen LogP contribution in [0.4, 0.5) is 4.39 Å². The molecule has 3 heterocycles. The van der Waals surface area contributed by atoms with Crippen molar-refractivity contribution in [2.75, 3.05) is 19.6 Å². The Morgan fingerprint density at radius 3 is 2.68 bits per heavy atom. The number of hydrogen-bond donors (Lipinski definition) is 1. The van der Waals surface area contributed by atoms with Gasteiger partial charge in [0.15, 0.2) is 0 Å². The first kappa shape index (κ1) is 20.5. The smallest absolute Gasteiger partial charge is 0.274 e. The van der Waals surface area contributed by atoms with Crippen molar-refractivity contribution in [2.24, 2.45) is 23.2 Å². The summed E-state index contributed by atoms with van der Waals surface area (Å²) < 4.78 is 15.1. The molecule has 3 aliphatic carbocycles. The summed E-state index contributed by atoms with van der Waals surface area (Å²) in [6.07, 6.45) is 5.26. The number of carbonyl (C=O) groups is 2. The molecule has 0 spiro atoms. The van der Waals surface area contributed by atoms with Gasteiger partial charge in [0.05, 0.1) is 0 Å². The molecule has 1 aliphatic heterocycles. The summed E-state index contributed by atoms with van der Waals surface area (Å²) in [5.41, 5.74) is 1.74. The molecule has 0 radical (unpaired) electrons. The molecule has 31 heavy (non-hydrogen) atoms. The van der Waals surface area contributed by atoms with Crippen molar-refractivity contribution in [1.82, 2.24) is 19.6 Å². The van der Waals surface area contributed by atoms with Crippen molar-refractivity contribution in [2.45, 2.75) is 52.1 Å². The minimum atomic E-state index is -0.832. The van der Waals surface area contributed by atoms with Crippen molar-refractivity contribution >= 4 is 17.5 Å². The molecule has 1 N–H and O–H groups in total. The number of pyridine rings is 1. The first-order chi connectivity index (χ1) is 14.8. The molecule has 0 unspecified atom stereocenters. The van der Waals surface area contributed by atoms with E-state index in [-0.39, 0.29) is 11.8 Å². The molecule has 7 heteroatoms. The molecule has 2 amide bonds. The third-order valence-electron chi connectivity index (χ3n) is 8.18. The number of piperidine rings is 1. The van der Waals surface area contributed by atoms with E-state index in [1.807, 2.05) is 0 Å². The van der Waals surface area contributed by atoms with Gasteiger partial charge in [-0.05, 0) is 67.4 Å². The van der Waals surface area contributed by atoms with E-state index < -0.39 is 6.17 Å². The second kappa shape index (κ2) is 7.61. The molecule has 3 atom stereocenters. The lowest BCUT2D eigenvalue weighted by molar-refractivity contribution is -0.103. The van der Waals surface area contributed by atoms with Crippen LogP contribution < -0.4 is 5.32 Å². The van der Waals surface area contributed by atoms with Crippen LogP contribution in [0.15, 0.2) is 24.4 Å². The van der Waals surface area contributed by atoms with Gasteiger partial charge in [-0.3, -0.25) is 14.0 Å². The lowest BCUT2D eigenvalue weighted by Gasteiger charge is -2.60. The monoisotopic (exact) mass is 426 g/mol. The average molecular weight is 427 g/mol. The lowest BCUT2D eigenvalue weighted by Crippen LogP contribution is -2.54. The molecule has 166 valence electrons. The molecule has 6 rings (SSSR count). The van der Waals surface area contributed by atoms with Gasteiger partial charge in [-0.15, -0.1) is 0 Å². The number of likely N-dealkylation sites (tertiary alicyclic amines) is 1. The summed E-state index contributed by atoms with van der Waals surface area (Å²) in [5.74, 6) is 1.72. The fourth-order valence-electron chi connectivity index (χ4n) is 6.03. The Labute approximate surface area is 182 Å². The fraction of sp³-hybridized carbons (Fsp3) is 0.625. The van der Waals surface area contributed by atoms with Crippen molar-refractivity contribution in [3.05, 3.63) is 35.8 Å². The summed E-state index contributed by atoms with van der Waals surface area (Å²) in [4.78, 5) is 31.9. The normalized spacial score (nSPS) is 27.7. The number of halogens is 1. The predicted octanol–water partition coefficient (Wildman–Crippen LogP) is 3.71. The number of amides is 2. The summed E-state index contributed by atoms with van der Waals surface area (Å²) in [6, 6.07) is 5.34. The quantitative estimate of drug-likeness (QED) is 0.811. The van der Waals surface area contributed by atoms with Crippen LogP contribution in [0, 0.1) is 23.2 Å². The zero-order chi connectivity index (χ0) is 21.8. The van der Waals surface area contributed by atoms with Crippen molar-refractivity contribution in [1.29, 1.82) is 0 Å². The van der Waals surface area contributed by atoms with Crippen LogP contribution in [0.5, 0.6) is 0 Å². The Morgan fingerprint density at radius 2 is 1.97 bits per heavy atom. The first-order valence-electron chi connectivity index (χ1n) is 11.5. The van der Waals surface area contributed by atoms with Crippen molar-refractivity contribution < 1.29 is 14.0 Å². The largest absolute Gasteiger partial charge is 0.350 e. The molecule has 3 saturated carbocycles. The van der Waals surface area contributed by atoms with Crippen LogP contribution in [-0.2, 0) is 0 Å². The molecule has 4 fully saturated rings. The van der Waals surface area contributed by atoms with E-state index in [9.17, 15) is 14.0 Å². The third-order valence-corrected chi connectivity index (χ3v) is 8.18. The summed E-state index contributed by atoms with van der Waals surface area (Å²) in [7, 11) is 0. The topological polar surface area (TPSA) is 66.7 Å². The van der Waals surface area contributed by atoms with Gasteiger partial charge in [-0.1, -0.05) is 19.9 Å². The van der Waals surface area contributed by atoms with Crippen LogP contribution in [0.3, 0.4) is 0 Å². The van der Waals surface area contributed by atoms with Crippen LogP contribution in [0.1, 0.15) is 66.9 Å². The molecule has 6 nitrogen and oxygen atoms in total. The number of alkyl halides is 1. The van der Waals surface area contributed by atoms with Crippen LogP contribution in [0.2, 0.25) is 0 Å². The zero-order valence-corrected chi connectivity index (χ0v) is 18.3. The predicted molar refractivity (Wildman–Crippen MR) is 116 cm³/mol. The molecule has 0 aromatic carbocycles. The van der Waals surface area contributed by atoms with Gasteiger partial charge in [0.1, 0.15) is 23.2 Å². The molecule has 4 aliphatic rings.